The van der Waals surface area contributed by atoms with Gasteiger partial charge in [0.05, 0.1) is 0 Å². The molecule has 1 aliphatic heterocycles. The van der Waals surface area contributed by atoms with Gasteiger partial charge in [0.15, 0.2) is 0 Å². The van der Waals surface area contributed by atoms with Gasteiger partial charge in [-0.2, -0.15) is 0 Å². The molecule has 1 heteroatoms. The van der Waals surface area contributed by atoms with E-state index >= 15 is 0 Å². The fourth-order valence-electron chi connectivity index (χ4n) is 1.05. The lowest BCUT2D eigenvalue weighted by molar-refractivity contribution is 0.423. The van der Waals surface area contributed by atoms with E-state index in [9.17, 15) is 0 Å². The van der Waals surface area contributed by atoms with Gasteiger partial charge in [0, 0.05) is 12.3 Å². The van der Waals surface area contributed by atoms with Gasteiger partial charge < -0.3 is 0 Å². The zero-order valence-electron chi connectivity index (χ0n) is 6.15. The molecule has 0 bridgehead atoms. The maximum absolute atomic E-state index is 4.31. The summed E-state index contributed by atoms with van der Waals surface area (Å²) in [4.78, 5) is 4.31. The predicted octanol–water partition coefficient (Wildman–Crippen LogP) is 2.04. The predicted molar refractivity (Wildman–Crippen MR) is 40.9 cm³/mol. The second-order valence-electron chi connectivity index (χ2n) is 3.35. The minimum Gasteiger partial charge on any atom is -0.289 e. The third-order valence-electron chi connectivity index (χ3n) is 1.61. The van der Waals surface area contributed by atoms with Crippen LogP contribution in [0, 0.1) is 5.41 Å². The van der Waals surface area contributed by atoms with E-state index in [4.69, 9.17) is 0 Å². The van der Waals surface area contributed by atoms with Crippen molar-refractivity contribution in [1.82, 2.24) is 0 Å². The Kier molecular flexibility index (Phi) is 1.43. The monoisotopic (exact) mass is 123 g/mol. The maximum atomic E-state index is 4.31. The molecule has 0 fully saturated rings. The third-order valence-corrected chi connectivity index (χ3v) is 1.61. The first kappa shape index (κ1) is 6.53. The Bertz CT molecular complexity index is 154. The number of hydrogen-bond donors (Lipinski definition) is 0. The van der Waals surface area contributed by atoms with Crippen molar-refractivity contribution in [3.05, 3.63) is 12.7 Å². The third kappa shape index (κ3) is 1.41. The molecule has 50 valence electrons. The fourth-order valence-corrected chi connectivity index (χ4v) is 1.05. The number of allylic oxidation sites excluding steroid dienone is 1. The van der Waals surface area contributed by atoms with Crippen molar-refractivity contribution in [1.29, 1.82) is 0 Å². The second-order valence-corrected chi connectivity index (χ2v) is 3.35. The average molecular weight is 123 g/mol. The Balaban J connectivity index is 2.59. The molecule has 9 heavy (non-hydrogen) atoms. The highest BCUT2D eigenvalue weighted by Crippen LogP contribution is 2.26. The van der Waals surface area contributed by atoms with Crippen LogP contribution in [0.3, 0.4) is 0 Å². The smallest absolute Gasteiger partial charge is 0.0447 e. The molecule has 0 saturated heterocycles. The molecule has 0 saturated carbocycles. The van der Waals surface area contributed by atoms with Crippen molar-refractivity contribution in [2.45, 2.75) is 20.3 Å². The largest absolute Gasteiger partial charge is 0.289 e. The molecular formula is C8H13N. The van der Waals surface area contributed by atoms with Crippen molar-refractivity contribution in [3.8, 4) is 0 Å². The zero-order valence-corrected chi connectivity index (χ0v) is 6.15. The molecule has 0 aromatic rings. The summed E-state index contributed by atoms with van der Waals surface area (Å²) < 4.78 is 0. The molecule has 0 unspecified atom stereocenters. The van der Waals surface area contributed by atoms with Gasteiger partial charge in [0.1, 0.15) is 0 Å². The van der Waals surface area contributed by atoms with Crippen LogP contribution < -0.4 is 0 Å². The highest BCUT2D eigenvalue weighted by molar-refractivity contribution is 5.96. The van der Waals surface area contributed by atoms with Gasteiger partial charge in [-0.15, -0.1) is 0 Å². The highest BCUT2D eigenvalue weighted by Gasteiger charge is 2.23. The van der Waals surface area contributed by atoms with Crippen LogP contribution in [0.15, 0.2) is 17.6 Å². The Labute approximate surface area is 56.5 Å². The first-order chi connectivity index (χ1) is 4.14. The Morgan fingerprint density at radius 1 is 1.67 bits per heavy atom. The van der Waals surface area contributed by atoms with Gasteiger partial charge in [-0.1, -0.05) is 20.4 Å². The summed E-state index contributed by atoms with van der Waals surface area (Å²) in [6.07, 6.45) is 2.95. The van der Waals surface area contributed by atoms with E-state index in [0.29, 0.717) is 5.41 Å². The van der Waals surface area contributed by atoms with Crippen LogP contribution in [0.1, 0.15) is 20.3 Å². The van der Waals surface area contributed by atoms with Gasteiger partial charge in [-0.05, 0) is 17.9 Å². The molecule has 0 aromatic carbocycles. The van der Waals surface area contributed by atoms with Crippen LogP contribution in [0.4, 0.5) is 0 Å². The summed E-state index contributed by atoms with van der Waals surface area (Å²) in [5.41, 5.74) is 1.56. The lowest BCUT2D eigenvalue weighted by atomic mass is 9.90. The minimum absolute atomic E-state index is 0.392. The topological polar surface area (TPSA) is 12.4 Å². The van der Waals surface area contributed by atoms with Crippen LogP contribution in [0.25, 0.3) is 0 Å². The van der Waals surface area contributed by atoms with Crippen molar-refractivity contribution in [2.75, 3.05) is 6.54 Å². The number of nitrogens with zero attached hydrogens (tertiary/aromatic N) is 1. The van der Waals surface area contributed by atoms with Crippen LogP contribution in [-0.4, -0.2) is 12.3 Å². The SMILES string of the molecule is C=CC1=NCC(C)(C)C1. The molecule has 0 aliphatic carbocycles. The van der Waals surface area contributed by atoms with Crippen molar-refractivity contribution >= 4 is 5.71 Å². The molecule has 0 atom stereocenters. The van der Waals surface area contributed by atoms with Gasteiger partial charge in [0.25, 0.3) is 0 Å². The fraction of sp³-hybridized carbons (Fsp3) is 0.625. The molecule has 0 aromatic heterocycles. The van der Waals surface area contributed by atoms with E-state index in [1.165, 1.54) is 5.71 Å². The Hall–Kier alpha value is -0.590. The van der Waals surface area contributed by atoms with Crippen molar-refractivity contribution in [2.24, 2.45) is 10.4 Å². The Morgan fingerprint density at radius 3 is 2.56 bits per heavy atom. The molecule has 0 spiro atoms. The molecule has 0 radical (unpaired) electrons. The highest BCUT2D eigenvalue weighted by atomic mass is 14.8. The molecular weight excluding hydrogens is 110 g/mol. The number of hydrogen-bond acceptors (Lipinski definition) is 1. The molecule has 1 heterocycles. The second kappa shape index (κ2) is 1.98. The summed E-state index contributed by atoms with van der Waals surface area (Å²) in [5.74, 6) is 0. The Morgan fingerprint density at radius 2 is 2.33 bits per heavy atom. The van der Waals surface area contributed by atoms with Gasteiger partial charge in [-0.25, -0.2) is 0 Å². The van der Waals surface area contributed by atoms with Crippen LogP contribution in [-0.2, 0) is 0 Å². The van der Waals surface area contributed by atoms with E-state index in [0.717, 1.165) is 13.0 Å². The lowest BCUT2D eigenvalue weighted by Crippen LogP contribution is -2.10. The molecule has 1 rings (SSSR count). The normalized spacial score (nSPS) is 23.6. The zero-order chi connectivity index (χ0) is 6.91. The van der Waals surface area contributed by atoms with Crippen LogP contribution in [0.2, 0.25) is 0 Å². The number of aliphatic imine (C=N–C) groups is 1. The summed E-state index contributed by atoms with van der Waals surface area (Å²) in [6.45, 7) is 9.10. The molecule has 0 N–H and O–H groups in total. The van der Waals surface area contributed by atoms with E-state index in [2.05, 4.69) is 25.4 Å². The molecule has 1 nitrogen and oxygen atoms in total. The quantitative estimate of drug-likeness (QED) is 0.506. The standard InChI is InChI=1S/C8H13N/c1-4-7-5-8(2,3)6-9-7/h4H,1,5-6H2,2-3H3. The minimum atomic E-state index is 0.392. The summed E-state index contributed by atoms with van der Waals surface area (Å²) in [6, 6.07) is 0. The van der Waals surface area contributed by atoms with Crippen LogP contribution >= 0.6 is 0 Å². The van der Waals surface area contributed by atoms with E-state index in [1.807, 2.05) is 6.08 Å². The van der Waals surface area contributed by atoms with Crippen molar-refractivity contribution < 1.29 is 0 Å². The molecule has 1 aliphatic rings. The first-order valence-electron chi connectivity index (χ1n) is 3.30. The van der Waals surface area contributed by atoms with Gasteiger partial charge in [0.2, 0.25) is 0 Å². The van der Waals surface area contributed by atoms with Gasteiger partial charge >= 0.3 is 0 Å². The summed E-state index contributed by atoms with van der Waals surface area (Å²) in [7, 11) is 0. The van der Waals surface area contributed by atoms with E-state index < -0.39 is 0 Å². The number of rotatable bonds is 1. The van der Waals surface area contributed by atoms with E-state index in [-0.39, 0.29) is 0 Å². The average Bonchev–Trinajstić information content (AvgIpc) is 2.10. The molecule has 0 amide bonds. The first-order valence-corrected chi connectivity index (χ1v) is 3.30. The van der Waals surface area contributed by atoms with Gasteiger partial charge in [-0.3, -0.25) is 4.99 Å². The van der Waals surface area contributed by atoms with E-state index in [1.54, 1.807) is 0 Å². The summed E-state index contributed by atoms with van der Waals surface area (Å²) >= 11 is 0. The maximum Gasteiger partial charge on any atom is 0.0447 e. The van der Waals surface area contributed by atoms with Crippen molar-refractivity contribution in [3.63, 3.8) is 0 Å². The van der Waals surface area contributed by atoms with Crippen LogP contribution in [0.5, 0.6) is 0 Å². The summed E-state index contributed by atoms with van der Waals surface area (Å²) in [5, 5.41) is 0. The lowest BCUT2D eigenvalue weighted by Gasteiger charge is -2.13.